The number of piperidine rings is 1. The number of aryl methyl sites for hydroxylation is 1. The van der Waals surface area contributed by atoms with Crippen LogP contribution < -0.4 is 4.90 Å². The van der Waals surface area contributed by atoms with E-state index in [9.17, 15) is 0 Å². The largest absolute Gasteiger partial charge is 0.373 e. The van der Waals surface area contributed by atoms with E-state index in [0.717, 1.165) is 49.6 Å². The molecule has 2 fully saturated rings. The van der Waals surface area contributed by atoms with Crippen LogP contribution in [0.5, 0.6) is 0 Å². The molecule has 4 rings (SSSR count). The van der Waals surface area contributed by atoms with E-state index in [1.807, 2.05) is 23.9 Å². The second-order valence-corrected chi connectivity index (χ2v) is 7.99. The van der Waals surface area contributed by atoms with E-state index in [1.165, 1.54) is 19.4 Å². The molecule has 4 heterocycles. The van der Waals surface area contributed by atoms with Gasteiger partial charge in [0, 0.05) is 45.1 Å². The first kappa shape index (κ1) is 18.4. The van der Waals surface area contributed by atoms with Gasteiger partial charge in [-0.2, -0.15) is 0 Å². The number of aromatic nitrogens is 4. The van der Waals surface area contributed by atoms with Crippen molar-refractivity contribution in [3.05, 3.63) is 30.6 Å². The molecule has 2 unspecified atom stereocenters. The van der Waals surface area contributed by atoms with Crippen LogP contribution in [0, 0.1) is 12.8 Å². The van der Waals surface area contributed by atoms with Gasteiger partial charge in [0.25, 0.3) is 0 Å². The number of hydrogen-bond acceptors (Lipinski definition) is 6. The maximum absolute atomic E-state index is 5.86. The van der Waals surface area contributed by atoms with Crippen molar-refractivity contribution in [1.82, 2.24) is 24.4 Å². The zero-order valence-electron chi connectivity index (χ0n) is 16.6. The first-order valence-corrected chi connectivity index (χ1v) is 10.0. The third kappa shape index (κ3) is 4.30. The fourth-order valence-electron chi connectivity index (χ4n) is 4.38. The van der Waals surface area contributed by atoms with Gasteiger partial charge >= 0.3 is 0 Å². The van der Waals surface area contributed by atoms with E-state index in [1.54, 1.807) is 12.4 Å². The Balaban J connectivity index is 1.35. The Morgan fingerprint density at radius 3 is 2.44 bits per heavy atom. The molecule has 0 bridgehead atoms. The molecule has 2 saturated heterocycles. The average molecular weight is 371 g/mol. The molecule has 146 valence electrons. The number of nitrogens with zero attached hydrogens (tertiary/aromatic N) is 6. The zero-order valence-corrected chi connectivity index (χ0v) is 16.6. The van der Waals surface area contributed by atoms with Gasteiger partial charge in [-0.15, -0.1) is 0 Å². The third-order valence-corrected chi connectivity index (χ3v) is 5.63. The van der Waals surface area contributed by atoms with Gasteiger partial charge in [-0.1, -0.05) is 0 Å². The monoisotopic (exact) mass is 370 g/mol. The molecule has 0 aliphatic carbocycles. The van der Waals surface area contributed by atoms with Crippen LogP contribution >= 0.6 is 0 Å². The first-order valence-electron chi connectivity index (χ1n) is 10.0. The van der Waals surface area contributed by atoms with E-state index in [0.29, 0.717) is 12.2 Å². The number of morpholine rings is 1. The quantitative estimate of drug-likeness (QED) is 0.823. The van der Waals surface area contributed by atoms with Crippen molar-refractivity contribution in [2.45, 2.75) is 45.8 Å². The van der Waals surface area contributed by atoms with Gasteiger partial charge < -0.3 is 9.64 Å². The second-order valence-electron chi connectivity index (χ2n) is 7.99. The van der Waals surface area contributed by atoms with E-state index < -0.39 is 0 Å². The lowest BCUT2D eigenvalue weighted by atomic mass is 9.95. The number of hydrogen-bond donors (Lipinski definition) is 0. The minimum absolute atomic E-state index is 0.346. The highest BCUT2D eigenvalue weighted by Crippen LogP contribution is 2.24. The maximum atomic E-state index is 5.86. The van der Waals surface area contributed by atoms with Crippen molar-refractivity contribution in [3.8, 4) is 5.82 Å². The van der Waals surface area contributed by atoms with Crippen molar-refractivity contribution in [2.24, 2.45) is 5.92 Å². The highest BCUT2D eigenvalue weighted by Gasteiger charge is 2.27. The van der Waals surface area contributed by atoms with Gasteiger partial charge in [-0.25, -0.2) is 9.97 Å². The third-order valence-electron chi connectivity index (χ3n) is 5.63. The summed E-state index contributed by atoms with van der Waals surface area (Å²) in [6.45, 7) is 11.7. The molecular weight excluding hydrogens is 340 g/mol. The Morgan fingerprint density at radius 1 is 1.07 bits per heavy atom. The van der Waals surface area contributed by atoms with Crippen LogP contribution in [0.4, 0.5) is 5.82 Å². The van der Waals surface area contributed by atoms with Crippen molar-refractivity contribution in [3.63, 3.8) is 0 Å². The van der Waals surface area contributed by atoms with Gasteiger partial charge in [0.1, 0.15) is 11.6 Å². The van der Waals surface area contributed by atoms with Crippen LogP contribution in [0.3, 0.4) is 0 Å². The molecule has 2 aromatic rings. The summed E-state index contributed by atoms with van der Waals surface area (Å²) in [5.41, 5.74) is 0. The lowest BCUT2D eigenvalue weighted by Crippen LogP contribution is -2.48. The minimum Gasteiger partial charge on any atom is -0.373 e. The smallest absolute Gasteiger partial charge is 0.159 e. The molecule has 7 heteroatoms. The predicted octanol–water partition coefficient (Wildman–Crippen LogP) is 2.30. The van der Waals surface area contributed by atoms with E-state index in [2.05, 4.69) is 33.6 Å². The van der Waals surface area contributed by atoms with Crippen molar-refractivity contribution in [2.75, 3.05) is 37.6 Å². The zero-order chi connectivity index (χ0) is 18.8. The van der Waals surface area contributed by atoms with E-state index in [4.69, 9.17) is 9.72 Å². The Kier molecular flexibility index (Phi) is 5.41. The number of imidazole rings is 1. The van der Waals surface area contributed by atoms with Crippen LogP contribution in [0.1, 0.15) is 32.5 Å². The molecule has 0 aromatic carbocycles. The molecule has 7 nitrogen and oxygen atoms in total. The highest BCUT2D eigenvalue weighted by atomic mass is 16.5. The Bertz CT molecular complexity index is 744. The lowest BCUT2D eigenvalue weighted by Gasteiger charge is -2.39. The van der Waals surface area contributed by atoms with E-state index >= 15 is 0 Å². The molecule has 0 radical (unpaired) electrons. The SMILES string of the molecule is Cc1nccn1-c1cncc(N2CCC(CN3CC(C)OC(C)C3)CC2)n1. The normalized spacial score (nSPS) is 25.1. The summed E-state index contributed by atoms with van der Waals surface area (Å²) in [6, 6.07) is 0. The summed E-state index contributed by atoms with van der Waals surface area (Å²) in [5, 5.41) is 0. The fourth-order valence-corrected chi connectivity index (χ4v) is 4.38. The predicted molar refractivity (Wildman–Crippen MR) is 105 cm³/mol. The van der Waals surface area contributed by atoms with Crippen LogP contribution in [-0.2, 0) is 4.74 Å². The highest BCUT2D eigenvalue weighted by molar-refractivity contribution is 5.40. The number of anilines is 1. The summed E-state index contributed by atoms with van der Waals surface area (Å²) in [5.74, 6) is 3.48. The van der Waals surface area contributed by atoms with Gasteiger partial charge in [-0.3, -0.25) is 14.5 Å². The van der Waals surface area contributed by atoms with Crippen LogP contribution in [-0.4, -0.2) is 69.4 Å². The molecule has 2 aliphatic rings. The topological polar surface area (TPSA) is 59.3 Å². The van der Waals surface area contributed by atoms with Crippen molar-refractivity contribution >= 4 is 5.82 Å². The molecule has 0 spiro atoms. The summed E-state index contributed by atoms with van der Waals surface area (Å²) < 4.78 is 7.84. The number of ether oxygens (including phenoxy) is 1. The van der Waals surface area contributed by atoms with Crippen molar-refractivity contribution < 1.29 is 4.74 Å². The van der Waals surface area contributed by atoms with Crippen LogP contribution in [0.25, 0.3) is 5.82 Å². The van der Waals surface area contributed by atoms with E-state index in [-0.39, 0.29) is 0 Å². The summed E-state index contributed by atoms with van der Waals surface area (Å²) >= 11 is 0. The molecule has 0 saturated carbocycles. The average Bonchev–Trinajstić information content (AvgIpc) is 3.08. The van der Waals surface area contributed by atoms with Gasteiger partial charge in [-0.05, 0) is 39.5 Å². The molecule has 2 atom stereocenters. The maximum Gasteiger partial charge on any atom is 0.159 e. The molecule has 2 aliphatic heterocycles. The van der Waals surface area contributed by atoms with Crippen molar-refractivity contribution in [1.29, 1.82) is 0 Å². The fraction of sp³-hybridized carbons (Fsp3) is 0.650. The Labute approximate surface area is 161 Å². The minimum atomic E-state index is 0.346. The lowest BCUT2D eigenvalue weighted by molar-refractivity contribution is -0.0720. The molecule has 2 aromatic heterocycles. The summed E-state index contributed by atoms with van der Waals surface area (Å²) in [7, 11) is 0. The first-order chi connectivity index (χ1) is 13.1. The standard InChI is InChI=1S/C20H30N6O/c1-15-12-24(13-16(2)27-15)14-18-4-7-25(8-5-18)19-10-21-11-20(23-19)26-9-6-22-17(26)3/h6,9-11,15-16,18H,4-5,7-8,12-14H2,1-3H3. The van der Waals surface area contributed by atoms with Gasteiger partial charge in [0.05, 0.1) is 24.6 Å². The molecule has 27 heavy (non-hydrogen) atoms. The Morgan fingerprint density at radius 2 is 1.78 bits per heavy atom. The van der Waals surface area contributed by atoms with Gasteiger partial charge in [0.2, 0.25) is 0 Å². The Hall–Kier alpha value is -1.99. The number of rotatable bonds is 4. The molecule has 0 amide bonds. The van der Waals surface area contributed by atoms with Crippen LogP contribution in [0.15, 0.2) is 24.8 Å². The second kappa shape index (κ2) is 7.94. The van der Waals surface area contributed by atoms with Gasteiger partial charge in [0.15, 0.2) is 5.82 Å². The summed E-state index contributed by atoms with van der Waals surface area (Å²) in [4.78, 5) is 18.5. The molecule has 0 N–H and O–H groups in total. The molecular formula is C20H30N6O. The van der Waals surface area contributed by atoms with Crippen LogP contribution in [0.2, 0.25) is 0 Å². The summed E-state index contributed by atoms with van der Waals surface area (Å²) in [6.07, 6.45) is 10.5.